The lowest BCUT2D eigenvalue weighted by molar-refractivity contribution is -0.147. The van der Waals surface area contributed by atoms with Gasteiger partial charge in [0.15, 0.2) is 5.69 Å². The van der Waals surface area contributed by atoms with Crippen molar-refractivity contribution in [2.24, 2.45) is 7.05 Å². The molecule has 2 aromatic rings. The van der Waals surface area contributed by atoms with Crippen LogP contribution in [0.15, 0.2) is 24.3 Å². The first-order valence-corrected chi connectivity index (χ1v) is 6.20. The fourth-order valence-corrected chi connectivity index (χ4v) is 1.93. The van der Waals surface area contributed by atoms with Gasteiger partial charge in [-0.15, -0.1) is 0 Å². The van der Waals surface area contributed by atoms with E-state index in [1.165, 1.54) is 25.8 Å². The number of carboxylic acids is 1. The molecule has 0 saturated heterocycles. The molecule has 0 bridgehead atoms. The molecule has 1 heterocycles. The highest BCUT2D eigenvalue weighted by Gasteiger charge is 2.37. The number of nitrogens with zero attached hydrogens (tertiary/aromatic N) is 3. The SMILES string of the molecule is CN(C(=O)c1nn(C)c2ccccc12)C(C)(C)C(=O)O. The molecule has 0 aliphatic rings. The van der Waals surface area contributed by atoms with E-state index in [2.05, 4.69) is 5.10 Å². The van der Waals surface area contributed by atoms with Gasteiger partial charge in [-0.25, -0.2) is 4.79 Å². The normalized spacial score (nSPS) is 11.6. The Kier molecular flexibility index (Phi) is 3.25. The van der Waals surface area contributed by atoms with E-state index < -0.39 is 17.4 Å². The molecular weight excluding hydrogens is 258 g/mol. The minimum absolute atomic E-state index is 0.264. The van der Waals surface area contributed by atoms with Crippen LogP contribution in [0.4, 0.5) is 0 Å². The number of hydrogen-bond acceptors (Lipinski definition) is 3. The van der Waals surface area contributed by atoms with Crippen LogP contribution >= 0.6 is 0 Å². The zero-order valence-electron chi connectivity index (χ0n) is 11.9. The number of likely N-dealkylation sites (N-methyl/N-ethyl adjacent to an activating group) is 1. The maximum atomic E-state index is 12.5. The van der Waals surface area contributed by atoms with Crippen LogP contribution in [0.3, 0.4) is 0 Å². The molecule has 1 N–H and O–H groups in total. The predicted molar refractivity (Wildman–Crippen MR) is 74.5 cm³/mol. The molecule has 1 amide bonds. The quantitative estimate of drug-likeness (QED) is 0.921. The van der Waals surface area contributed by atoms with E-state index in [1.54, 1.807) is 17.8 Å². The smallest absolute Gasteiger partial charge is 0.329 e. The van der Waals surface area contributed by atoms with Crippen LogP contribution in [0.2, 0.25) is 0 Å². The van der Waals surface area contributed by atoms with Gasteiger partial charge in [0, 0.05) is 19.5 Å². The van der Waals surface area contributed by atoms with Crippen LogP contribution in [-0.4, -0.2) is 44.3 Å². The van der Waals surface area contributed by atoms with E-state index in [0.717, 1.165) is 5.52 Å². The van der Waals surface area contributed by atoms with Crippen molar-refractivity contribution in [2.45, 2.75) is 19.4 Å². The van der Waals surface area contributed by atoms with Crippen LogP contribution in [0.25, 0.3) is 10.9 Å². The van der Waals surface area contributed by atoms with Gasteiger partial charge in [0.2, 0.25) is 0 Å². The number of fused-ring (bicyclic) bond motifs is 1. The van der Waals surface area contributed by atoms with Crippen LogP contribution in [0, 0.1) is 0 Å². The molecule has 0 saturated carbocycles. The molecule has 0 spiro atoms. The number of para-hydroxylation sites is 1. The lowest BCUT2D eigenvalue weighted by Gasteiger charge is -2.30. The van der Waals surface area contributed by atoms with E-state index in [-0.39, 0.29) is 5.69 Å². The molecule has 0 aliphatic heterocycles. The molecular formula is C14H17N3O3. The first-order chi connectivity index (χ1) is 9.26. The molecule has 0 unspecified atom stereocenters. The van der Waals surface area contributed by atoms with Crippen molar-refractivity contribution in [3.05, 3.63) is 30.0 Å². The van der Waals surface area contributed by atoms with Gasteiger partial charge < -0.3 is 10.0 Å². The van der Waals surface area contributed by atoms with Crippen molar-refractivity contribution in [1.29, 1.82) is 0 Å². The van der Waals surface area contributed by atoms with E-state index >= 15 is 0 Å². The van der Waals surface area contributed by atoms with Gasteiger partial charge in [-0.05, 0) is 19.9 Å². The lowest BCUT2D eigenvalue weighted by atomic mass is 10.0. The fourth-order valence-electron chi connectivity index (χ4n) is 1.93. The molecule has 1 aromatic carbocycles. The fraction of sp³-hybridized carbons (Fsp3) is 0.357. The highest BCUT2D eigenvalue weighted by Crippen LogP contribution is 2.22. The predicted octanol–water partition coefficient (Wildman–Crippen LogP) is 1.51. The van der Waals surface area contributed by atoms with Crippen molar-refractivity contribution in [3.8, 4) is 0 Å². The number of aliphatic carboxylic acids is 1. The van der Waals surface area contributed by atoms with Gasteiger partial charge in [-0.2, -0.15) is 5.10 Å². The lowest BCUT2D eigenvalue weighted by Crippen LogP contribution is -2.50. The number of rotatable bonds is 3. The topological polar surface area (TPSA) is 75.4 Å². The van der Waals surface area contributed by atoms with Crippen LogP contribution in [0.1, 0.15) is 24.3 Å². The molecule has 0 atom stereocenters. The summed E-state index contributed by atoms with van der Waals surface area (Å²) in [6, 6.07) is 7.35. The molecule has 0 aliphatic carbocycles. The monoisotopic (exact) mass is 275 g/mol. The first-order valence-electron chi connectivity index (χ1n) is 6.20. The molecule has 0 fully saturated rings. The van der Waals surface area contributed by atoms with Crippen molar-refractivity contribution < 1.29 is 14.7 Å². The average Bonchev–Trinajstić information content (AvgIpc) is 2.75. The number of aryl methyl sites for hydroxylation is 1. The second-order valence-corrected chi connectivity index (χ2v) is 5.22. The third-order valence-electron chi connectivity index (χ3n) is 3.63. The number of benzene rings is 1. The second-order valence-electron chi connectivity index (χ2n) is 5.22. The van der Waals surface area contributed by atoms with Crippen molar-refractivity contribution in [2.75, 3.05) is 7.05 Å². The standard InChI is InChI=1S/C14H17N3O3/c1-14(2,13(19)20)16(3)12(18)11-9-7-5-6-8-10(9)17(4)15-11/h5-8H,1-4H3,(H,19,20). The van der Waals surface area contributed by atoms with Gasteiger partial charge in [-0.1, -0.05) is 18.2 Å². The maximum absolute atomic E-state index is 12.5. The Hall–Kier alpha value is -2.37. The summed E-state index contributed by atoms with van der Waals surface area (Å²) < 4.78 is 1.62. The van der Waals surface area contributed by atoms with Gasteiger partial charge in [0.25, 0.3) is 5.91 Å². The number of carbonyl (C=O) groups is 2. The summed E-state index contributed by atoms with van der Waals surface area (Å²) in [6.07, 6.45) is 0. The minimum atomic E-state index is -1.30. The Morgan fingerprint density at radius 2 is 1.90 bits per heavy atom. The zero-order chi connectivity index (χ0) is 15.1. The Balaban J connectivity index is 2.50. The van der Waals surface area contributed by atoms with E-state index in [9.17, 15) is 14.7 Å². The van der Waals surface area contributed by atoms with Gasteiger partial charge >= 0.3 is 5.97 Å². The van der Waals surface area contributed by atoms with E-state index in [1.807, 2.05) is 18.2 Å². The summed E-state index contributed by atoms with van der Waals surface area (Å²) in [4.78, 5) is 25.0. The van der Waals surface area contributed by atoms with E-state index in [0.29, 0.717) is 5.39 Å². The number of aromatic nitrogens is 2. The van der Waals surface area contributed by atoms with Crippen LogP contribution < -0.4 is 0 Å². The number of carboxylic acid groups (broad SMARTS) is 1. The summed E-state index contributed by atoms with van der Waals surface area (Å²) in [5.41, 5.74) is -0.201. The maximum Gasteiger partial charge on any atom is 0.329 e. The molecule has 2 rings (SSSR count). The molecule has 6 heteroatoms. The van der Waals surface area contributed by atoms with E-state index in [4.69, 9.17) is 0 Å². The van der Waals surface area contributed by atoms with Gasteiger partial charge in [0.05, 0.1) is 5.52 Å². The summed E-state index contributed by atoms with van der Waals surface area (Å²) in [5.74, 6) is -1.47. The zero-order valence-corrected chi connectivity index (χ0v) is 11.9. The van der Waals surface area contributed by atoms with Crippen LogP contribution in [-0.2, 0) is 11.8 Å². The number of hydrogen-bond donors (Lipinski definition) is 1. The molecule has 6 nitrogen and oxygen atoms in total. The Bertz CT molecular complexity index is 688. The molecule has 20 heavy (non-hydrogen) atoms. The Morgan fingerprint density at radius 3 is 2.50 bits per heavy atom. The van der Waals surface area contributed by atoms with Crippen molar-refractivity contribution >= 4 is 22.8 Å². The Labute approximate surface area is 116 Å². The van der Waals surface area contributed by atoms with Gasteiger partial charge in [-0.3, -0.25) is 9.48 Å². The highest BCUT2D eigenvalue weighted by molar-refractivity contribution is 6.06. The third kappa shape index (κ3) is 2.03. The second kappa shape index (κ2) is 4.63. The number of carbonyl (C=O) groups excluding carboxylic acids is 1. The van der Waals surface area contributed by atoms with Crippen molar-refractivity contribution in [1.82, 2.24) is 14.7 Å². The van der Waals surface area contributed by atoms with Crippen LogP contribution in [0.5, 0.6) is 0 Å². The summed E-state index contributed by atoms with van der Waals surface area (Å²) in [5, 5.41) is 14.1. The minimum Gasteiger partial charge on any atom is -0.480 e. The average molecular weight is 275 g/mol. The largest absolute Gasteiger partial charge is 0.480 e. The number of amides is 1. The van der Waals surface area contributed by atoms with Crippen molar-refractivity contribution in [3.63, 3.8) is 0 Å². The summed E-state index contributed by atoms with van der Waals surface area (Å²) >= 11 is 0. The first kappa shape index (κ1) is 14.0. The summed E-state index contributed by atoms with van der Waals surface area (Å²) in [6.45, 7) is 2.97. The molecule has 0 radical (unpaired) electrons. The highest BCUT2D eigenvalue weighted by atomic mass is 16.4. The molecule has 106 valence electrons. The Morgan fingerprint density at radius 1 is 1.30 bits per heavy atom. The molecule has 1 aromatic heterocycles. The summed E-state index contributed by atoms with van der Waals surface area (Å²) in [7, 11) is 3.22. The van der Waals surface area contributed by atoms with Gasteiger partial charge in [0.1, 0.15) is 5.54 Å². The third-order valence-corrected chi connectivity index (χ3v) is 3.63.